The SMILES string of the molecule is O[C@]1(C#Cc2cccc(Cl)c2)CC[C@H](n2ccnc2)CC1. The molecule has 0 aliphatic heterocycles. The zero-order valence-electron chi connectivity index (χ0n) is 11.7. The Hall–Kier alpha value is -1.76. The molecule has 0 unspecified atom stereocenters. The van der Waals surface area contributed by atoms with Gasteiger partial charge in [0.25, 0.3) is 0 Å². The lowest BCUT2D eigenvalue weighted by Gasteiger charge is -2.32. The van der Waals surface area contributed by atoms with Crippen LogP contribution in [0.25, 0.3) is 0 Å². The first-order valence-electron chi connectivity index (χ1n) is 7.13. The lowest BCUT2D eigenvalue weighted by atomic mass is 9.82. The molecule has 108 valence electrons. The molecule has 3 rings (SSSR count). The van der Waals surface area contributed by atoms with Crippen LogP contribution in [0.1, 0.15) is 37.3 Å². The van der Waals surface area contributed by atoms with Crippen LogP contribution in [0.2, 0.25) is 5.02 Å². The van der Waals surface area contributed by atoms with E-state index in [1.165, 1.54) is 0 Å². The molecule has 0 atom stereocenters. The summed E-state index contributed by atoms with van der Waals surface area (Å²) in [5.74, 6) is 6.07. The van der Waals surface area contributed by atoms with Gasteiger partial charge in [0.1, 0.15) is 5.60 Å². The molecular formula is C17H17ClN2O. The molecule has 1 aromatic heterocycles. The molecule has 3 nitrogen and oxygen atoms in total. The summed E-state index contributed by atoms with van der Waals surface area (Å²) in [5, 5.41) is 11.3. The topological polar surface area (TPSA) is 38.0 Å². The molecule has 0 radical (unpaired) electrons. The summed E-state index contributed by atoms with van der Waals surface area (Å²) in [7, 11) is 0. The highest BCUT2D eigenvalue weighted by molar-refractivity contribution is 6.30. The number of aliphatic hydroxyl groups is 1. The average Bonchev–Trinajstić information content (AvgIpc) is 3.01. The van der Waals surface area contributed by atoms with Gasteiger partial charge in [-0.25, -0.2) is 4.98 Å². The van der Waals surface area contributed by atoms with E-state index in [1.54, 1.807) is 6.20 Å². The summed E-state index contributed by atoms with van der Waals surface area (Å²) >= 11 is 5.94. The highest BCUT2D eigenvalue weighted by Gasteiger charge is 2.32. The zero-order chi connectivity index (χ0) is 14.7. The Labute approximate surface area is 129 Å². The van der Waals surface area contributed by atoms with Gasteiger partial charge in [0.15, 0.2) is 0 Å². The molecular weight excluding hydrogens is 284 g/mol. The molecule has 4 heteroatoms. The quantitative estimate of drug-likeness (QED) is 0.819. The fraction of sp³-hybridized carbons (Fsp3) is 0.353. The fourth-order valence-electron chi connectivity index (χ4n) is 2.74. The molecule has 1 aliphatic rings. The molecule has 0 saturated heterocycles. The number of hydrogen-bond acceptors (Lipinski definition) is 2. The lowest BCUT2D eigenvalue weighted by Crippen LogP contribution is -2.33. The molecule has 0 amide bonds. The maximum atomic E-state index is 10.6. The summed E-state index contributed by atoms with van der Waals surface area (Å²) in [6.07, 6.45) is 8.81. The van der Waals surface area contributed by atoms with Gasteiger partial charge in [-0.2, -0.15) is 0 Å². The van der Waals surface area contributed by atoms with E-state index >= 15 is 0 Å². The molecule has 21 heavy (non-hydrogen) atoms. The first-order valence-corrected chi connectivity index (χ1v) is 7.51. The Kier molecular flexibility index (Phi) is 4.01. The van der Waals surface area contributed by atoms with Gasteiger partial charge in [-0.15, -0.1) is 0 Å². The van der Waals surface area contributed by atoms with Gasteiger partial charge in [0.2, 0.25) is 0 Å². The summed E-state index contributed by atoms with van der Waals surface area (Å²) in [4.78, 5) is 4.08. The predicted octanol–water partition coefficient (Wildman–Crippen LogP) is 3.43. The number of halogens is 1. The summed E-state index contributed by atoms with van der Waals surface area (Å²) < 4.78 is 2.12. The van der Waals surface area contributed by atoms with E-state index in [0.717, 1.165) is 18.4 Å². The smallest absolute Gasteiger partial charge is 0.126 e. The van der Waals surface area contributed by atoms with Crippen LogP contribution in [-0.4, -0.2) is 20.3 Å². The highest BCUT2D eigenvalue weighted by atomic mass is 35.5. The van der Waals surface area contributed by atoms with Crippen LogP contribution in [0.15, 0.2) is 43.0 Å². The van der Waals surface area contributed by atoms with Crippen LogP contribution < -0.4 is 0 Å². The molecule has 1 fully saturated rings. The predicted molar refractivity (Wildman–Crippen MR) is 83.0 cm³/mol. The van der Waals surface area contributed by atoms with Gasteiger partial charge < -0.3 is 9.67 Å². The third kappa shape index (κ3) is 3.47. The molecule has 1 heterocycles. The Morgan fingerprint density at radius 2 is 2.14 bits per heavy atom. The second-order valence-electron chi connectivity index (χ2n) is 5.53. The number of imidazole rings is 1. The van der Waals surface area contributed by atoms with E-state index in [0.29, 0.717) is 23.9 Å². The van der Waals surface area contributed by atoms with Gasteiger partial charge in [0, 0.05) is 29.0 Å². The van der Waals surface area contributed by atoms with Crippen LogP contribution in [0.3, 0.4) is 0 Å². The van der Waals surface area contributed by atoms with Crippen molar-refractivity contribution in [2.75, 3.05) is 0 Å². The first kappa shape index (κ1) is 14.2. The van der Waals surface area contributed by atoms with Crippen LogP contribution in [0.4, 0.5) is 0 Å². The normalized spacial score (nSPS) is 25.1. The van der Waals surface area contributed by atoms with Crippen molar-refractivity contribution < 1.29 is 5.11 Å². The molecule has 1 aliphatic carbocycles. The minimum absolute atomic E-state index is 0.417. The van der Waals surface area contributed by atoms with E-state index in [2.05, 4.69) is 21.4 Å². The minimum Gasteiger partial charge on any atom is -0.378 e. The van der Waals surface area contributed by atoms with Crippen molar-refractivity contribution in [3.05, 3.63) is 53.6 Å². The third-order valence-corrected chi connectivity index (χ3v) is 4.23. The molecule has 2 aromatic rings. The van der Waals surface area contributed by atoms with E-state index in [1.807, 2.05) is 36.8 Å². The van der Waals surface area contributed by atoms with Gasteiger partial charge in [-0.1, -0.05) is 29.5 Å². The Morgan fingerprint density at radius 1 is 1.33 bits per heavy atom. The summed E-state index contributed by atoms with van der Waals surface area (Å²) in [6.45, 7) is 0. The maximum Gasteiger partial charge on any atom is 0.126 e. The largest absolute Gasteiger partial charge is 0.378 e. The molecule has 1 aromatic carbocycles. The van der Waals surface area contributed by atoms with Crippen LogP contribution in [-0.2, 0) is 0 Å². The van der Waals surface area contributed by atoms with E-state index in [4.69, 9.17) is 11.6 Å². The molecule has 0 spiro atoms. The van der Waals surface area contributed by atoms with Gasteiger partial charge in [0.05, 0.1) is 6.33 Å². The van der Waals surface area contributed by atoms with Gasteiger partial charge in [-0.05, 0) is 43.9 Å². The summed E-state index contributed by atoms with van der Waals surface area (Å²) in [5.41, 5.74) is -0.0491. The van der Waals surface area contributed by atoms with Crippen molar-refractivity contribution in [3.63, 3.8) is 0 Å². The standard InChI is InChI=1S/C17H17ClN2O/c18-15-3-1-2-14(12-15)4-7-17(21)8-5-16(6-9-17)20-11-10-19-13-20/h1-3,10-13,16,21H,5-6,8-9H2/t16-,17+. The van der Waals surface area contributed by atoms with Gasteiger partial charge in [-0.3, -0.25) is 0 Å². The van der Waals surface area contributed by atoms with Crippen molar-refractivity contribution >= 4 is 11.6 Å². The maximum absolute atomic E-state index is 10.6. The Balaban J connectivity index is 1.67. The molecule has 1 saturated carbocycles. The second kappa shape index (κ2) is 5.93. The van der Waals surface area contributed by atoms with E-state index in [9.17, 15) is 5.11 Å². The second-order valence-corrected chi connectivity index (χ2v) is 5.97. The van der Waals surface area contributed by atoms with Crippen molar-refractivity contribution in [1.82, 2.24) is 9.55 Å². The fourth-order valence-corrected chi connectivity index (χ4v) is 2.93. The highest BCUT2D eigenvalue weighted by Crippen LogP contribution is 2.34. The van der Waals surface area contributed by atoms with Crippen molar-refractivity contribution in [1.29, 1.82) is 0 Å². The van der Waals surface area contributed by atoms with Gasteiger partial charge >= 0.3 is 0 Å². The molecule has 1 N–H and O–H groups in total. The lowest BCUT2D eigenvalue weighted by molar-refractivity contribution is 0.0462. The summed E-state index contributed by atoms with van der Waals surface area (Å²) in [6, 6.07) is 7.82. The van der Waals surface area contributed by atoms with Crippen molar-refractivity contribution in [3.8, 4) is 11.8 Å². The van der Waals surface area contributed by atoms with E-state index < -0.39 is 5.60 Å². The van der Waals surface area contributed by atoms with Crippen LogP contribution in [0, 0.1) is 11.8 Å². The third-order valence-electron chi connectivity index (χ3n) is 3.99. The van der Waals surface area contributed by atoms with Crippen molar-refractivity contribution in [2.45, 2.75) is 37.3 Å². The molecule has 0 bridgehead atoms. The van der Waals surface area contributed by atoms with Crippen LogP contribution >= 0.6 is 11.6 Å². The number of hydrogen-bond donors (Lipinski definition) is 1. The number of nitrogens with zero attached hydrogens (tertiary/aromatic N) is 2. The first-order chi connectivity index (χ1) is 10.1. The van der Waals surface area contributed by atoms with Crippen LogP contribution in [0.5, 0.6) is 0 Å². The average molecular weight is 301 g/mol. The minimum atomic E-state index is -0.889. The zero-order valence-corrected chi connectivity index (χ0v) is 12.4. The monoisotopic (exact) mass is 300 g/mol. The van der Waals surface area contributed by atoms with Crippen molar-refractivity contribution in [2.24, 2.45) is 0 Å². The Bertz CT molecular complexity index is 662. The Morgan fingerprint density at radius 3 is 2.81 bits per heavy atom. The van der Waals surface area contributed by atoms with E-state index in [-0.39, 0.29) is 0 Å². The number of benzene rings is 1. The number of aromatic nitrogens is 2. The number of rotatable bonds is 1.